The molecular formula is C16H16N4O2. The third-order valence-electron chi connectivity index (χ3n) is 3.45. The minimum Gasteiger partial charge on any atom is -0.493 e. The van der Waals surface area contributed by atoms with Gasteiger partial charge in [-0.1, -0.05) is 18.2 Å². The van der Waals surface area contributed by atoms with Gasteiger partial charge < -0.3 is 20.9 Å². The van der Waals surface area contributed by atoms with Crippen LogP contribution < -0.4 is 20.9 Å². The Morgan fingerprint density at radius 1 is 0.955 bits per heavy atom. The second-order valence-corrected chi connectivity index (χ2v) is 4.76. The van der Waals surface area contributed by atoms with Crippen molar-refractivity contribution in [3.8, 4) is 22.6 Å². The molecule has 0 saturated carbocycles. The van der Waals surface area contributed by atoms with Crippen LogP contribution in [0.25, 0.3) is 22.0 Å². The molecule has 1 aromatic heterocycles. The molecule has 22 heavy (non-hydrogen) atoms. The van der Waals surface area contributed by atoms with Crippen molar-refractivity contribution in [2.45, 2.75) is 0 Å². The fourth-order valence-electron chi connectivity index (χ4n) is 2.27. The number of fused-ring (bicyclic) bond motifs is 2. The number of hydrogen-bond donors (Lipinski definition) is 2. The van der Waals surface area contributed by atoms with E-state index in [9.17, 15) is 0 Å². The van der Waals surface area contributed by atoms with Crippen molar-refractivity contribution in [2.75, 3.05) is 25.7 Å². The Morgan fingerprint density at radius 2 is 1.68 bits per heavy atom. The molecule has 0 aliphatic heterocycles. The number of aromatic nitrogens is 2. The zero-order chi connectivity index (χ0) is 15.7. The summed E-state index contributed by atoms with van der Waals surface area (Å²) in [5.41, 5.74) is 15.5. The molecule has 112 valence electrons. The predicted molar refractivity (Wildman–Crippen MR) is 86.9 cm³/mol. The lowest BCUT2D eigenvalue weighted by atomic mass is 10.1. The molecule has 0 amide bonds. The van der Waals surface area contributed by atoms with Crippen molar-refractivity contribution < 1.29 is 9.47 Å². The maximum atomic E-state index is 5.94. The zero-order valence-electron chi connectivity index (χ0n) is 12.3. The molecule has 0 atom stereocenters. The summed E-state index contributed by atoms with van der Waals surface area (Å²) < 4.78 is 10.3. The van der Waals surface area contributed by atoms with Gasteiger partial charge in [-0.15, -0.1) is 0 Å². The van der Waals surface area contributed by atoms with Crippen LogP contribution in [-0.2, 0) is 0 Å². The molecular weight excluding hydrogens is 280 g/mol. The molecule has 1 heterocycles. The van der Waals surface area contributed by atoms with Gasteiger partial charge in [0.25, 0.3) is 0 Å². The van der Waals surface area contributed by atoms with Gasteiger partial charge in [-0.2, -0.15) is 0 Å². The van der Waals surface area contributed by atoms with Crippen LogP contribution in [0.1, 0.15) is 0 Å². The molecule has 2 aliphatic rings. The van der Waals surface area contributed by atoms with Gasteiger partial charge in [0.15, 0.2) is 11.5 Å². The number of rotatable bonds is 2. The van der Waals surface area contributed by atoms with Crippen LogP contribution in [0.15, 0.2) is 36.7 Å². The van der Waals surface area contributed by atoms with Crippen LogP contribution >= 0.6 is 0 Å². The molecule has 6 nitrogen and oxygen atoms in total. The first kappa shape index (κ1) is 13.9. The molecule has 4 N–H and O–H groups in total. The van der Waals surface area contributed by atoms with E-state index in [4.69, 9.17) is 20.9 Å². The average Bonchev–Trinajstić information content (AvgIpc) is 3.13. The Bertz CT molecular complexity index is 832. The molecule has 0 unspecified atom stereocenters. The zero-order valence-corrected chi connectivity index (χ0v) is 12.3. The quantitative estimate of drug-likeness (QED) is 0.552. The first-order valence-electron chi connectivity index (χ1n) is 6.66. The number of ether oxygens (including phenoxy) is 2. The van der Waals surface area contributed by atoms with Gasteiger partial charge in [-0.05, 0) is 17.2 Å². The summed E-state index contributed by atoms with van der Waals surface area (Å²) in [7, 11) is 3.05. The van der Waals surface area contributed by atoms with Gasteiger partial charge in [0, 0.05) is 6.07 Å². The number of methoxy groups -OCH3 is 2. The van der Waals surface area contributed by atoms with Gasteiger partial charge in [-0.25, -0.2) is 9.97 Å². The molecule has 0 saturated heterocycles. The van der Waals surface area contributed by atoms with Gasteiger partial charge >= 0.3 is 0 Å². The van der Waals surface area contributed by atoms with E-state index in [1.54, 1.807) is 6.07 Å². The lowest BCUT2D eigenvalue weighted by Gasteiger charge is -2.12. The Hall–Kier alpha value is -3.02. The van der Waals surface area contributed by atoms with E-state index in [-0.39, 0.29) is 0 Å². The molecule has 1 aromatic carbocycles. The molecule has 2 aromatic rings. The van der Waals surface area contributed by atoms with Gasteiger partial charge in [0.05, 0.1) is 30.8 Å². The number of hydrogen-bond acceptors (Lipinski definition) is 6. The molecule has 0 spiro atoms. The molecule has 0 radical (unpaired) electrons. The molecule has 6 heteroatoms. The van der Waals surface area contributed by atoms with Crippen molar-refractivity contribution in [2.24, 2.45) is 0 Å². The summed E-state index contributed by atoms with van der Waals surface area (Å²) >= 11 is 0. The second kappa shape index (κ2) is 5.40. The maximum Gasteiger partial charge on any atom is 0.184 e. The van der Waals surface area contributed by atoms with E-state index >= 15 is 0 Å². The SMILES string of the molecule is COc1cc2ncnc(N)c2c(N)c1OC.c1cc2cc-2c1. The summed E-state index contributed by atoms with van der Waals surface area (Å²) in [6.07, 6.45) is 1.38. The summed E-state index contributed by atoms with van der Waals surface area (Å²) in [5, 5.41) is 0.583. The van der Waals surface area contributed by atoms with Crippen LogP contribution in [0.4, 0.5) is 11.5 Å². The van der Waals surface area contributed by atoms with E-state index in [1.807, 2.05) is 0 Å². The third kappa shape index (κ3) is 2.35. The fourth-order valence-corrected chi connectivity index (χ4v) is 2.27. The number of nitrogens with zero attached hydrogens (tertiary/aromatic N) is 2. The smallest absolute Gasteiger partial charge is 0.184 e. The summed E-state index contributed by atoms with van der Waals surface area (Å²) in [6, 6.07) is 10.2. The van der Waals surface area contributed by atoms with E-state index in [2.05, 4.69) is 34.2 Å². The topological polar surface area (TPSA) is 96.3 Å². The Morgan fingerprint density at radius 3 is 2.18 bits per heavy atom. The second-order valence-electron chi connectivity index (χ2n) is 4.76. The molecule has 2 aliphatic carbocycles. The lowest BCUT2D eigenvalue weighted by Crippen LogP contribution is -2.01. The van der Waals surface area contributed by atoms with Crippen molar-refractivity contribution in [1.29, 1.82) is 0 Å². The highest BCUT2D eigenvalue weighted by atomic mass is 16.5. The Balaban J connectivity index is 0.000000196. The van der Waals surface area contributed by atoms with Crippen molar-refractivity contribution in [3.05, 3.63) is 36.7 Å². The highest BCUT2D eigenvalue weighted by molar-refractivity contribution is 6.02. The number of nitrogens with two attached hydrogens (primary N) is 2. The summed E-state index contributed by atoms with van der Waals surface area (Å²) in [6.45, 7) is 0. The van der Waals surface area contributed by atoms with Crippen molar-refractivity contribution in [1.82, 2.24) is 9.97 Å². The molecule has 0 fully saturated rings. The van der Waals surface area contributed by atoms with Crippen LogP contribution in [0.5, 0.6) is 11.5 Å². The molecule has 0 bridgehead atoms. The van der Waals surface area contributed by atoms with Crippen molar-refractivity contribution in [3.63, 3.8) is 0 Å². The minimum absolute atomic E-state index is 0.323. The third-order valence-corrected chi connectivity index (χ3v) is 3.45. The van der Waals surface area contributed by atoms with E-state index < -0.39 is 0 Å². The summed E-state index contributed by atoms with van der Waals surface area (Å²) in [4.78, 5) is 7.97. The average molecular weight is 296 g/mol. The normalized spacial score (nSPS) is 10.6. The standard InChI is InChI=1S/C10H12N4O2.C6H4/c1-15-6-3-5-7(8(11)9(6)16-2)10(12)14-4-13-5;1-2-5-4-6(5)3-1/h3-4H,11H2,1-2H3,(H2,12,13,14);1-4H. The van der Waals surface area contributed by atoms with E-state index in [0.29, 0.717) is 33.9 Å². The number of benzene rings is 2. The largest absolute Gasteiger partial charge is 0.493 e. The Kier molecular flexibility index (Phi) is 3.42. The Labute approximate surface area is 127 Å². The van der Waals surface area contributed by atoms with Crippen LogP contribution in [0.3, 0.4) is 0 Å². The maximum absolute atomic E-state index is 5.94. The van der Waals surface area contributed by atoms with E-state index in [0.717, 1.165) is 0 Å². The first-order valence-corrected chi connectivity index (χ1v) is 6.66. The number of nitrogen functional groups attached to an aromatic ring is 2. The highest BCUT2D eigenvalue weighted by Gasteiger charge is 2.15. The van der Waals surface area contributed by atoms with Gasteiger partial charge in [-0.3, -0.25) is 0 Å². The predicted octanol–water partition coefficient (Wildman–Crippen LogP) is 2.48. The van der Waals surface area contributed by atoms with Crippen LogP contribution in [0.2, 0.25) is 0 Å². The van der Waals surface area contributed by atoms with E-state index in [1.165, 1.54) is 31.7 Å². The van der Waals surface area contributed by atoms with Crippen molar-refractivity contribution >= 4 is 22.4 Å². The van der Waals surface area contributed by atoms with Crippen LogP contribution in [-0.4, -0.2) is 24.2 Å². The lowest BCUT2D eigenvalue weighted by molar-refractivity contribution is 0.357. The van der Waals surface area contributed by atoms with Gasteiger partial charge in [0.2, 0.25) is 0 Å². The summed E-state index contributed by atoms with van der Waals surface area (Å²) in [5.74, 6) is 1.28. The first-order chi connectivity index (χ1) is 10.7. The number of anilines is 2. The monoisotopic (exact) mass is 296 g/mol. The molecule has 4 rings (SSSR count). The highest BCUT2D eigenvalue weighted by Crippen LogP contribution is 2.40. The van der Waals surface area contributed by atoms with Crippen LogP contribution in [0, 0.1) is 0 Å². The van der Waals surface area contributed by atoms with Gasteiger partial charge in [0.1, 0.15) is 12.1 Å². The fraction of sp³-hybridized carbons (Fsp3) is 0.125. The minimum atomic E-state index is 0.323.